The van der Waals surface area contributed by atoms with Crippen molar-refractivity contribution in [2.45, 2.75) is 91.3 Å². The van der Waals surface area contributed by atoms with Crippen LogP contribution in [0.5, 0.6) is 0 Å². The summed E-state index contributed by atoms with van der Waals surface area (Å²) in [6.45, 7) is 8.01. The van der Waals surface area contributed by atoms with Crippen molar-refractivity contribution in [3.05, 3.63) is 0 Å². The SMILES string of the molecule is CCCCCCCCC(C)OC(=O)OC(C)CC. The van der Waals surface area contributed by atoms with Crippen molar-refractivity contribution in [1.82, 2.24) is 0 Å². The smallest absolute Gasteiger partial charge is 0.431 e. The second kappa shape index (κ2) is 11.4. The quantitative estimate of drug-likeness (QED) is 0.405. The van der Waals surface area contributed by atoms with E-state index in [1.54, 1.807) is 0 Å². The lowest BCUT2D eigenvalue weighted by atomic mass is 10.1. The second-order valence-electron chi connectivity index (χ2n) is 5.07. The Morgan fingerprint density at radius 3 is 2.06 bits per heavy atom. The first-order valence-corrected chi connectivity index (χ1v) is 7.47. The molecule has 3 nitrogen and oxygen atoms in total. The average Bonchev–Trinajstić information content (AvgIpc) is 2.33. The van der Waals surface area contributed by atoms with Gasteiger partial charge in [-0.25, -0.2) is 4.79 Å². The summed E-state index contributed by atoms with van der Waals surface area (Å²) in [6, 6.07) is 0. The van der Waals surface area contributed by atoms with Crippen molar-refractivity contribution in [2.24, 2.45) is 0 Å². The molecule has 0 aliphatic carbocycles. The van der Waals surface area contributed by atoms with Crippen molar-refractivity contribution < 1.29 is 14.3 Å². The summed E-state index contributed by atoms with van der Waals surface area (Å²) in [6.07, 6.45) is 8.71. The lowest BCUT2D eigenvalue weighted by Gasteiger charge is -2.15. The van der Waals surface area contributed by atoms with Crippen LogP contribution in [0.4, 0.5) is 4.79 Å². The molecule has 0 aliphatic rings. The molecule has 0 heterocycles. The molecule has 0 saturated heterocycles. The Balaban J connectivity index is 3.46. The molecule has 0 aliphatic heterocycles. The van der Waals surface area contributed by atoms with E-state index in [0.717, 1.165) is 19.3 Å². The van der Waals surface area contributed by atoms with E-state index >= 15 is 0 Å². The number of unbranched alkanes of at least 4 members (excludes halogenated alkanes) is 5. The highest BCUT2D eigenvalue weighted by molar-refractivity contribution is 5.60. The first-order valence-electron chi connectivity index (χ1n) is 7.47. The number of hydrogen-bond acceptors (Lipinski definition) is 3. The van der Waals surface area contributed by atoms with Gasteiger partial charge < -0.3 is 9.47 Å². The Kier molecular flexibility index (Phi) is 10.9. The molecule has 0 aromatic rings. The third-order valence-electron chi connectivity index (χ3n) is 3.13. The topological polar surface area (TPSA) is 35.5 Å². The number of hydrogen-bond donors (Lipinski definition) is 0. The minimum Gasteiger partial charge on any atom is -0.431 e. The highest BCUT2D eigenvalue weighted by Crippen LogP contribution is 2.11. The summed E-state index contributed by atoms with van der Waals surface area (Å²) >= 11 is 0. The van der Waals surface area contributed by atoms with Crippen LogP contribution in [0.15, 0.2) is 0 Å². The minimum absolute atomic E-state index is 0.0345. The van der Waals surface area contributed by atoms with Crippen LogP contribution in [-0.4, -0.2) is 18.4 Å². The molecule has 18 heavy (non-hydrogen) atoms. The summed E-state index contributed by atoms with van der Waals surface area (Å²) < 4.78 is 10.3. The summed E-state index contributed by atoms with van der Waals surface area (Å²) in [5.41, 5.74) is 0. The zero-order chi connectivity index (χ0) is 13.8. The van der Waals surface area contributed by atoms with E-state index in [-0.39, 0.29) is 12.2 Å². The monoisotopic (exact) mass is 258 g/mol. The van der Waals surface area contributed by atoms with Crippen LogP contribution in [0.25, 0.3) is 0 Å². The van der Waals surface area contributed by atoms with E-state index in [2.05, 4.69) is 6.92 Å². The maximum atomic E-state index is 11.4. The van der Waals surface area contributed by atoms with Crippen molar-refractivity contribution in [3.8, 4) is 0 Å². The lowest BCUT2D eigenvalue weighted by molar-refractivity contribution is 0.00429. The molecule has 0 spiro atoms. The van der Waals surface area contributed by atoms with Crippen molar-refractivity contribution in [3.63, 3.8) is 0 Å². The Hall–Kier alpha value is -0.730. The Bertz CT molecular complexity index is 204. The molecule has 0 aromatic heterocycles. The maximum absolute atomic E-state index is 11.4. The molecule has 0 rings (SSSR count). The first-order chi connectivity index (χ1) is 8.60. The molecular weight excluding hydrogens is 228 g/mol. The van der Waals surface area contributed by atoms with Gasteiger partial charge in [-0.3, -0.25) is 0 Å². The molecule has 3 heteroatoms. The lowest BCUT2D eigenvalue weighted by Crippen LogP contribution is -2.20. The normalized spacial score (nSPS) is 14.0. The van der Waals surface area contributed by atoms with Gasteiger partial charge in [-0.05, 0) is 33.1 Å². The third-order valence-corrected chi connectivity index (χ3v) is 3.13. The molecule has 0 radical (unpaired) electrons. The largest absolute Gasteiger partial charge is 0.508 e. The van der Waals surface area contributed by atoms with Gasteiger partial charge in [0.1, 0.15) is 12.2 Å². The summed E-state index contributed by atoms with van der Waals surface area (Å²) in [7, 11) is 0. The van der Waals surface area contributed by atoms with Crippen LogP contribution >= 0.6 is 0 Å². The van der Waals surface area contributed by atoms with Crippen molar-refractivity contribution >= 4 is 6.16 Å². The molecule has 2 atom stereocenters. The first kappa shape index (κ1) is 17.3. The fraction of sp³-hybridized carbons (Fsp3) is 0.933. The minimum atomic E-state index is -0.525. The predicted molar refractivity (Wildman–Crippen MR) is 74.8 cm³/mol. The summed E-state index contributed by atoms with van der Waals surface area (Å²) in [5, 5.41) is 0. The number of carbonyl (C=O) groups excluding carboxylic acids is 1. The zero-order valence-corrected chi connectivity index (χ0v) is 12.5. The summed E-state index contributed by atoms with van der Waals surface area (Å²) in [5.74, 6) is 0. The molecule has 0 aromatic carbocycles. The second-order valence-corrected chi connectivity index (χ2v) is 5.07. The standard InChI is InChI=1S/C15H30O3/c1-5-7-8-9-10-11-12-14(4)18-15(16)17-13(3)6-2/h13-14H,5-12H2,1-4H3. The Labute approximate surface area is 112 Å². The van der Waals surface area contributed by atoms with Gasteiger partial charge in [0, 0.05) is 0 Å². The van der Waals surface area contributed by atoms with E-state index in [1.165, 1.54) is 32.1 Å². The van der Waals surface area contributed by atoms with Crippen LogP contribution < -0.4 is 0 Å². The highest BCUT2D eigenvalue weighted by atomic mass is 16.7. The third kappa shape index (κ3) is 10.4. The van der Waals surface area contributed by atoms with E-state index in [1.807, 2.05) is 20.8 Å². The van der Waals surface area contributed by atoms with Crippen molar-refractivity contribution in [2.75, 3.05) is 0 Å². The van der Waals surface area contributed by atoms with Gasteiger partial charge in [0.25, 0.3) is 0 Å². The summed E-state index contributed by atoms with van der Waals surface area (Å²) in [4.78, 5) is 11.4. The van der Waals surface area contributed by atoms with E-state index in [9.17, 15) is 4.79 Å². The van der Waals surface area contributed by atoms with E-state index in [0.29, 0.717) is 0 Å². The predicted octanol–water partition coefficient (Wildman–Crippen LogP) is 5.08. The van der Waals surface area contributed by atoms with Crippen molar-refractivity contribution in [1.29, 1.82) is 0 Å². The Morgan fingerprint density at radius 1 is 0.889 bits per heavy atom. The van der Waals surface area contributed by atoms with Gasteiger partial charge in [-0.1, -0.05) is 46.0 Å². The van der Waals surface area contributed by atoms with Crippen LogP contribution in [0.1, 0.15) is 79.1 Å². The fourth-order valence-electron chi connectivity index (χ4n) is 1.71. The van der Waals surface area contributed by atoms with Crippen LogP contribution in [0.3, 0.4) is 0 Å². The van der Waals surface area contributed by atoms with Crippen LogP contribution in [0, 0.1) is 0 Å². The molecule has 0 bridgehead atoms. The van der Waals surface area contributed by atoms with E-state index < -0.39 is 6.16 Å². The van der Waals surface area contributed by atoms with Gasteiger partial charge in [0.2, 0.25) is 0 Å². The number of carbonyl (C=O) groups is 1. The maximum Gasteiger partial charge on any atom is 0.508 e. The molecule has 0 fully saturated rings. The molecule has 0 N–H and O–H groups in total. The van der Waals surface area contributed by atoms with Crippen LogP contribution in [0.2, 0.25) is 0 Å². The number of ether oxygens (including phenoxy) is 2. The number of rotatable bonds is 10. The van der Waals surface area contributed by atoms with E-state index in [4.69, 9.17) is 9.47 Å². The molecule has 108 valence electrons. The average molecular weight is 258 g/mol. The highest BCUT2D eigenvalue weighted by Gasteiger charge is 2.12. The zero-order valence-electron chi connectivity index (χ0n) is 12.5. The molecule has 0 amide bonds. The molecule has 2 unspecified atom stereocenters. The van der Waals surface area contributed by atoms with Gasteiger partial charge >= 0.3 is 6.16 Å². The Morgan fingerprint density at radius 2 is 1.44 bits per heavy atom. The van der Waals surface area contributed by atoms with Gasteiger partial charge in [0.15, 0.2) is 0 Å². The van der Waals surface area contributed by atoms with Gasteiger partial charge in [-0.2, -0.15) is 0 Å². The molecule has 0 saturated carbocycles. The molecular formula is C15H30O3. The van der Waals surface area contributed by atoms with Crippen LogP contribution in [-0.2, 0) is 9.47 Å². The fourth-order valence-corrected chi connectivity index (χ4v) is 1.71. The van der Waals surface area contributed by atoms with Gasteiger partial charge in [-0.15, -0.1) is 0 Å². The van der Waals surface area contributed by atoms with Gasteiger partial charge in [0.05, 0.1) is 0 Å².